The van der Waals surface area contributed by atoms with Crippen molar-refractivity contribution in [2.24, 2.45) is 0 Å². The van der Waals surface area contributed by atoms with Gasteiger partial charge in [0.2, 0.25) is 0 Å². The predicted octanol–water partition coefficient (Wildman–Crippen LogP) is 1.81. The Bertz CT molecular complexity index is 902. The number of anilines is 1. The second-order valence-corrected chi connectivity index (χ2v) is 7.99. The lowest BCUT2D eigenvalue weighted by molar-refractivity contribution is 0.133. The summed E-state index contributed by atoms with van der Waals surface area (Å²) in [6, 6.07) is 4.17. The molecule has 0 spiro atoms. The predicted molar refractivity (Wildman–Crippen MR) is 98.9 cm³/mol. The average molecular weight is 358 g/mol. The number of likely N-dealkylation sites (N-methyl/N-ethyl adjacent to an activating group) is 1. The Balaban J connectivity index is 1.61. The van der Waals surface area contributed by atoms with E-state index >= 15 is 0 Å². The van der Waals surface area contributed by atoms with Gasteiger partial charge in [-0.05, 0) is 33.2 Å². The van der Waals surface area contributed by atoms with Crippen LogP contribution in [-0.2, 0) is 13.1 Å². The van der Waals surface area contributed by atoms with Gasteiger partial charge in [-0.1, -0.05) is 0 Å². The van der Waals surface area contributed by atoms with Crippen molar-refractivity contribution >= 4 is 27.4 Å². The van der Waals surface area contributed by atoms with Gasteiger partial charge in [0, 0.05) is 18.0 Å². The van der Waals surface area contributed by atoms with Crippen LogP contribution in [0.25, 0.3) is 10.2 Å². The zero-order valence-electron chi connectivity index (χ0n) is 14.7. The number of aliphatic hydroxyl groups is 1. The first-order chi connectivity index (χ1) is 12.0. The van der Waals surface area contributed by atoms with Gasteiger partial charge in [0.25, 0.3) is 0 Å². The minimum absolute atomic E-state index is 0.563. The van der Waals surface area contributed by atoms with Crippen molar-refractivity contribution in [2.75, 3.05) is 32.1 Å². The van der Waals surface area contributed by atoms with E-state index in [1.54, 1.807) is 17.7 Å². The Labute approximate surface area is 150 Å². The van der Waals surface area contributed by atoms with Crippen molar-refractivity contribution in [2.45, 2.75) is 26.1 Å². The summed E-state index contributed by atoms with van der Waals surface area (Å²) in [5.41, 5.74) is 1.85. The molecule has 7 nitrogen and oxygen atoms in total. The van der Waals surface area contributed by atoms with E-state index in [-0.39, 0.29) is 0 Å². The van der Waals surface area contributed by atoms with Crippen molar-refractivity contribution in [3.05, 3.63) is 34.7 Å². The number of hydrogen-bond acceptors (Lipinski definition) is 7. The molecule has 0 fully saturated rings. The van der Waals surface area contributed by atoms with Crippen molar-refractivity contribution in [1.29, 1.82) is 0 Å². The second-order valence-electron chi connectivity index (χ2n) is 6.76. The molecule has 4 heterocycles. The first-order valence-corrected chi connectivity index (χ1v) is 9.18. The Morgan fingerprint density at radius 1 is 1.28 bits per heavy atom. The molecule has 0 amide bonds. The van der Waals surface area contributed by atoms with Crippen molar-refractivity contribution in [3.8, 4) is 0 Å². The lowest BCUT2D eigenvalue weighted by Gasteiger charge is -2.28. The van der Waals surface area contributed by atoms with E-state index in [9.17, 15) is 5.11 Å². The summed E-state index contributed by atoms with van der Waals surface area (Å²) in [6.45, 7) is 5.04. The van der Waals surface area contributed by atoms with Crippen LogP contribution in [0.3, 0.4) is 0 Å². The largest absolute Gasteiger partial charge is 0.385 e. The SMILES string of the molecule is Cc1cc2c(N3CCn4nc(C(O)CN(C)C)cc4C3)ncnc2s1. The van der Waals surface area contributed by atoms with Crippen LogP contribution >= 0.6 is 11.3 Å². The molecular formula is C17H22N6OS. The monoisotopic (exact) mass is 358 g/mol. The van der Waals surface area contributed by atoms with E-state index in [0.29, 0.717) is 6.54 Å². The van der Waals surface area contributed by atoms with Crippen LogP contribution in [0.15, 0.2) is 18.5 Å². The van der Waals surface area contributed by atoms with Crippen LogP contribution in [0.1, 0.15) is 22.4 Å². The highest BCUT2D eigenvalue weighted by molar-refractivity contribution is 7.18. The molecule has 1 unspecified atom stereocenters. The Morgan fingerprint density at radius 3 is 2.92 bits per heavy atom. The fraction of sp³-hybridized carbons (Fsp3) is 0.471. The Kier molecular flexibility index (Phi) is 4.18. The van der Waals surface area contributed by atoms with Crippen LogP contribution in [0.2, 0.25) is 0 Å². The number of thiophene rings is 1. The zero-order chi connectivity index (χ0) is 17.6. The molecule has 1 aliphatic rings. The van der Waals surface area contributed by atoms with Crippen LogP contribution in [0, 0.1) is 6.92 Å². The molecule has 3 aromatic rings. The topological polar surface area (TPSA) is 70.3 Å². The molecule has 4 rings (SSSR count). The van der Waals surface area contributed by atoms with Crippen molar-refractivity contribution in [3.63, 3.8) is 0 Å². The standard InChI is InChI=1S/C17H22N6OS/c1-11-6-13-16(18-10-19-17(13)25-11)22-4-5-23-12(8-22)7-14(20-23)15(24)9-21(2)3/h6-7,10,15,24H,4-5,8-9H2,1-3H3. The third-order valence-electron chi connectivity index (χ3n) is 4.43. The molecule has 1 atom stereocenters. The zero-order valence-corrected chi connectivity index (χ0v) is 15.5. The molecule has 0 aliphatic carbocycles. The molecule has 0 saturated heterocycles. The van der Waals surface area contributed by atoms with E-state index < -0.39 is 6.10 Å². The maximum Gasteiger partial charge on any atom is 0.141 e. The quantitative estimate of drug-likeness (QED) is 0.767. The van der Waals surface area contributed by atoms with Crippen LogP contribution < -0.4 is 4.90 Å². The molecular weight excluding hydrogens is 336 g/mol. The lowest BCUT2D eigenvalue weighted by atomic mass is 10.2. The first kappa shape index (κ1) is 16.4. The number of aliphatic hydroxyl groups excluding tert-OH is 1. The highest BCUT2D eigenvalue weighted by atomic mass is 32.1. The first-order valence-electron chi connectivity index (χ1n) is 8.37. The van der Waals surface area contributed by atoms with E-state index in [1.165, 1.54) is 4.88 Å². The number of rotatable bonds is 4. The molecule has 0 saturated carbocycles. The Morgan fingerprint density at radius 2 is 2.12 bits per heavy atom. The number of fused-ring (bicyclic) bond motifs is 2. The second kappa shape index (κ2) is 6.36. The fourth-order valence-corrected chi connectivity index (χ4v) is 4.13. The highest BCUT2D eigenvalue weighted by Crippen LogP contribution is 2.31. The van der Waals surface area contributed by atoms with Gasteiger partial charge >= 0.3 is 0 Å². The van der Waals surface area contributed by atoms with E-state index in [2.05, 4.69) is 33.0 Å². The molecule has 0 bridgehead atoms. The third kappa shape index (κ3) is 3.12. The summed E-state index contributed by atoms with van der Waals surface area (Å²) in [4.78, 5) is 15.4. The van der Waals surface area contributed by atoms with Crippen LogP contribution in [0.5, 0.6) is 0 Å². The molecule has 132 valence electrons. The van der Waals surface area contributed by atoms with E-state index in [0.717, 1.165) is 47.1 Å². The molecule has 8 heteroatoms. The number of aryl methyl sites for hydroxylation is 1. The van der Waals surface area contributed by atoms with Crippen molar-refractivity contribution < 1.29 is 5.11 Å². The van der Waals surface area contributed by atoms with Gasteiger partial charge in [-0.25, -0.2) is 9.97 Å². The van der Waals surface area contributed by atoms with E-state index in [4.69, 9.17) is 0 Å². The van der Waals surface area contributed by atoms with Gasteiger partial charge in [0.1, 0.15) is 23.1 Å². The Hall–Kier alpha value is -2.03. The van der Waals surface area contributed by atoms with Gasteiger partial charge in [-0.3, -0.25) is 4.68 Å². The van der Waals surface area contributed by atoms with Gasteiger partial charge in [-0.2, -0.15) is 5.10 Å². The van der Waals surface area contributed by atoms with Crippen molar-refractivity contribution in [1.82, 2.24) is 24.6 Å². The maximum atomic E-state index is 10.3. The van der Waals surface area contributed by atoms with Crippen LogP contribution in [-0.4, -0.2) is 56.9 Å². The molecule has 3 aromatic heterocycles. The normalized spacial score (nSPS) is 15.8. The molecule has 0 radical (unpaired) electrons. The molecule has 0 aromatic carbocycles. The summed E-state index contributed by atoms with van der Waals surface area (Å²) >= 11 is 1.70. The smallest absolute Gasteiger partial charge is 0.141 e. The summed E-state index contributed by atoms with van der Waals surface area (Å²) in [5.74, 6) is 0.984. The van der Waals surface area contributed by atoms with Gasteiger partial charge in [0.05, 0.1) is 29.9 Å². The average Bonchev–Trinajstić information content (AvgIpc) is 3.15. The maximum absolute atomic E-state index is 10.3. The minimum atomic E-state index is -0.563. The number of hydrogen-bond donors (Lipinski definition) is 1. The number of nitrogens with zero attached hydrogens (tertiary/aromatic N) is 6. The van der Waals surface area contributed by atoms with Gasteiger partial charge in [0.15, 0.2) is 0 Å². The highest BCUT2D eigenvalue weighted by Gasteiger charge is 2.23. The van der Waals surface area contributed by atoms with Gasteiger partial charge < -0.3 is 14.9 Å². The molecule has 1 N–H and O–H groups in total. The number of aromatic nitrogens is 4. The lowest BCUT2D eigenvalue weighted by Crippen LogP contribution is -2.34. The van der Waals surface area contributed by atoms with Gasteiger partial charge in [-0.15, -0.1) is 11.3 Å². The minimum Gasteiger partial charge on any atom is -0.385 e. The van der Waals surface area contributed by atoms with Crippen LogP contribution in [0.4, 0.5) is 5.82 Å². The summed E-state index contributed by atoms with van der Waals surface area (Å²) in [6.07, 6.45) is 1.08. The fourth-order valence-electron chi connectivity index (χ4n) is 3.29. The molecule has 25 heavy (non-hydrogen) atoms. The summed E-state index contributed by atoms with van der Waals surface area (Å²) < 4.78 is 2.00. The van der Waals surface area contributed by atoms with E-state index in [1.807, 2.05) is 29.7 Å². The third-order valence-corrected chi connectivity index (χ3v) is 5.39. The summed E-state index contributed by atoms with van der Waals surface area (Å²) in [5, 5.41) is 16.0. The molecule has 1 aliphatic heterocycles. The summed E-state index contributed by atoms with van der Waals surface area (Å²) in [7, 11) is 3.90.